The van der Waals surface area contributed by atoms with Crippen molar-refractivity contribution in [2.24, 2.45) is 5.92 Å². The van der Waals surface area contributed by atoms with Crippen molar-refractivity contribution < 1.29 is 29.0 Å². The SMILES string of the molecule is CSCC[C@H](NC(=O)[C@H](NC(=O)C1(c2ccccc2)CCN(C(=O)OC(C)(C)C)CC1)C(C)C)C(=O)O. The molecule has 1 aliphatic rings. The Bertz CT molecular complexity index is 939. The molecule has 1 saturated heterocycles. The molecule has 0 saturated carbocycles. The Balaban J connectivity index is 2.25. The van der Waals surface area contributed by atoms with Crippen molar-refractivity contribution in [3.8, 4) is 0 Å². The first-order chi connectivity index (χ1) is 17.3. The predicted molar refractivity (Wildman–Crippen MR) is 144 cm³/mol. The van der Waals surface area contributed by atoms with E-state index in [1.165, 1.54) is 11.8 Å². The van der Waals surface area contributed by atoms with Crippen LogP contribution in [0.15, 0.2) is 30.3 Å². The summed E-state index contributed by atoms with van der Waals surface area (Å²) >= 11 is 1.50. The smallest absolute Gasteiger partial charge is 0.410 e. The lowest BCUT2D eigenvalue weighted by Crippen LogP contribution is -2.59. The highest BCUT2D eigenvalue weighted by molar-refractivity contribution is 7.98. The van der Waals surface area contributed by atoms with Crippen molar-refractivity contribution in [1.82, 2.24) is 15.5 Å². The van der Waals surface area contributed by atoms with Crippen LogP contribution in [-0.2, 0) is 24.5 Å². The fourth-order valence-corrected chi connectivity index (χ4v) is 4.84. The lowest BCUT2D eigenvalue weighted by Gasteiger charge is -2.42. The highest BCUT2D eigenvalue weighted by Crippen LogP contribution is 2.36. The van der Waals surface area contributed by atoms with E-state index in [-0.39, 0.29) is 18.2 Å². The third kappa shape index (κ3) is 8.38. The largest absolute Gasteiger partial charge is 0.480 e. The Hall–Kier alpha value is -2.75. The fraction of sp³-hybridized carbons (Fsp3) is 0.630. The summed E-state index contributed by atoms with van der Waals surface area (Å²) in [7, 11) is 0. The number of carboxylic acids is 1. The Labute approximate surface area is 224 Å². The number of hydrogen-bond acceptors (Lipinski definition) is 6. The van der Waals surface area contributed by atoms with Gasteiger partial charge in [-0.15, -0.1) is 0 Å². The number of carboxylic acid groups (broad SMARTS) is 1. The molecule has 0 spiro atoms. The van der Waals surface area contributed by atoms with E-state index in [1.54, 1.807) is 4.90 Å². The topological polar surface area (TPSA) is 125 Å². The number of likely N-dealkylation sites (tertiary alicyclic amines) is 1. The van der Waals surface area contributed by atoms with Crippen molar-refractivity contribution in [3.05, 3.63) is 35.9 Å². The molecular formula is C27H41N3O6S. The molecule has 1 aromatic carbocycles. The van der Waals surface area contributed by atoms with Gasteiger partial charge in [0.05, 0.1) is 5.41 Å². The van der Waals surface area contributed by atoms with Crippen molar-refractivity contribution in [2.45, 2.75) is 77.0 Å². The van der Waals surface area contributed by atoms with Crippen LogP contribution in [0.3, 0.4) is 0 Å². The quantitative estimate of drug-likeness (QED) is 0.419. The standard InChI is InChI=1S/C27H41N3O6S/c1-18(2)21(22(31)28-20(23(32)33)12-17-37-6)29-24(34)27(19-10-8-7-9-11-19)13-15-30(16-14-27)25(35)36-26(3,4)5/h7-11,18,20-21H,12-17H2,1-6H3,(H,28,31)(H,29,34)(H,32,33)/t20-,21+/m0/s1. The van der Waals surface area contributed by atoms with Crippen LogP contribution in [0.2, 0.25) is 0 Å². The number of carbonyl (C=O) groups excluding carboxylic acids is 3. The van der Waals surface area contributed by atoms with Gasteiger partial charge in [0.25, 0.3) is 0 Å². The number of carbonyl (C=O) groups is 4. The van der Waals surface area contributed by atoms with Crippen molar-refractivity contribution in [1.29, 1.82) is 0 Å². The third-order valence-electron chi connectivity index (χ3n) is 6.49. The molecule has 1 aliphatic heterocycles. The van der Waals surface area contributed by atoms with Gasteiger partial charge in [-0.3, -0.25) is 9.59 Å². The van der Waals surface area contributed by atoms with Gasteiger partial charge in [-0.05, 0) is 63.5 Å². The number of nitrogens with one attached hydrogen (secondary N) is 2. The molecule has 1 aromatic rings. The van der Waals surface area contributed by atoms with Gasteiger partial charge in [0.2, 0.25) is 11.8 Å². The summed E-state index contributed by atoms with van der Waals surface area (Å²) < 4.78 is 5.51. The fourth-order valence-electron chi connectivity index (χ4n) is 4.37. The number of ether oxygens (including phenoxy) is 1. The summed E-state index contributed by atoms with van der Waals surface area (Å²) in [6.45, 7) is 9.69. The Morgan fingerprint density at radius 3 is 2.16 bits per heavy atom. The maximum Gasteiger partial charge on any atom is 0.410 e. The lowest BCUT2D eigenvalue weighted by molar-refractivity contribution is -0.142. The van der Waals surface area contributed by atoms with Gasteiger partial charge in [0.1, 0.15) is 17.7 Å². The van der Waals surface area contributed by atoms with Crippen LogP contribution < -0.4 is 10.6 Å². The first-order valence-corrected chi connectivity index (χ1v) is 14.1. The van der Waals surface area contributed by atoms with Gasteiger partial charge in [-0.1, -0.05) is 44.2 Å². The van der Waals surface area contributed by atoms with Gasteiger partial charge < -0.3 is 25.4 Å². The third-order valence-corrected chi connectivity index (χ3v) is 7.13. The maximum atomic E-state index is 13.9. The molecule has 2 atom stereocenters. The molecule has 0 bridgehead atoms. The zero-order valence-corrected chi connectivity index (χ0v) is 23.5. The molecule has 0 radical (unpaired) electrons. The van der Waals surface area contributed by atoms with E-state index in [1.807, 2.05) is 71.2 Å². The van der Waals surface area contributed by atoms with Gasteiger partial charge in [-0.25, -0.2) is 9.59 Å². The first kappa shape index (κ1) is 30.5. The molecule has 9 nitrogen and oxygen atoms in total. The summed E-state index contributed by atoms with van der Waals surface area (Å²) in [6.07, 6.45) is 2.46. The number of hydrogen-bond donors (Lipinski definition) is 3. The lowest BCUT2D eigenvalue weighted by atomic mass is 9.71. The van der Waals surface area contributed by atoms with E-state index in [0.717, 1.165) is 5.56 Å². The molecule has 0 aromatic heterocycles. The van der Waals surface area contributed by atoms with Gasteiger partial charge in [-0.2, -0.15) is 11.8 Å². The van der Waals surface area contributed by atoms with Crippen LogP contribution in [0.5, 0.6) is 0 Å². The van der Waals surface area contributed by atoms with Gasteiger partial charge in [0.15, 0.2) is 0 Å². The average molecular weight is 536 g/mol. The van der Waals surface area contributed by atoms with Crippen LogP contribution in [0.4, 0.5) is 4.79 Å². The molecule has 206 valence electrons. The molecule has 2 rings (SSSR count). The number of amides is 3. The summed E-state index contributed by atoms with van der Waals surface area (Å²) in [5, 5.41) is 15.1. The van der Waals surface area contributed by atoms with Crippen molar-refractivity contribution in [2.75, 3.05) is 25.1 Å². The molecular weight excluding hydrogens is 494 g/mol. The van der Waals surface area contributed by atoms with E-state index in [2.05, 4.69) is 10.6 Å². The van der Waals surface area contributed by atoms with Crippen LogP contribution in [0, 0.1) is 5.92 Å². The van der Waals surface area contributed by atoms with E-state index >= 15 is 0 Å². The number of rotatable bonds is 10. The van der Waals surface area contributed by atoms with Gasteiger partial charge in [0, 0.05) is 13.1 Å². The number of aliphatic carboxylic acids is 1. The van der Waals surface area contributed by atoms with E-state index in [4.69, 9.17) is 4.74 Å². The zero-order chi connectivity index (χ0) is 27.8. The molecule has 3 N–H and O–H groups in total. The van der Waals surface area contributed by atoms with E-state index in [9.17, 15) is 24.3 Å². The number of thioether (sulfide) groups is 1. The Morgan fingerprint density at radius 2 is 1.68 bits per heavy atom. The zero-order valence-electron chi connectivity index (χ0n) is 22.7. The van der Waals surface area contributed by atoms with E-state index < -0.39 is 41.1 Å². The highest BCUT2D eigenvalue weighted by Gasteiger charge is 2.45. The summed E-state index contributed by atoms with van der Waals surface area (Å²) in [4.78, 5) is 52.9. The molecule has 1 heterocycles. The predicted octanol–water partition coefficient (Wildman–Crippen LogP) is 3.42. The normalized spacial score (nSPS) is 17.0. The number of piperidine rings is 1. The highest BCUT2D eigenvalue weighted by atomic mass is 32.2. The Kier molecular flexibility index (Phi) is 10.8. The van der Waals surface area contributed by atoms with Crippen LogP contribution in [0.1, 0.15) is 59.4 Å². The van der Waals surface area contributed by atoms with Crippen molar-refractivity contribution >= 4 is 35.6 Å². The van der Waals surface area contributed by atoms with Crippen molar-refractivity contribution in [3.63, 3.8) is 0 Å². The second kappa shape index (κ2) is 13.2. The second-order valence-electron chi connectivity index (χ2n) is 10.8. The minimum Gasteiger partial charge on any atom is -0.480 e. The molecule has 3 amide bonds. The Morgan fingerprint density at radius 1 is 1.08 bits per heavy atom. The van der Waals surface area contributed by atoms with E-state index in [0.29, 0.717) is 31.7 Å². The number of benzene rings is 1. The summed E-state index contributed by atoms with van der Waals surface area (Å²) in [6, 6.07) is 7.43. The summed E-state index contributed by atoms with van der Waals surface area (Å²) in [5.41, 5.74) is -0.759. The molecule has 0 aliphatic carbocycles. The molecule has 10 heteroatoms. The molecule has 37 heavy (non-hydrogen) atoms. The second-order valence-corrected chi connectivity index (χ2v) is 11.8. The van der Waals surface area contributed by atoms with Crippen LogP contribution >= 0.6 is 11.8 Å². The monoisotopic (exact) mass is 535 g/mol. The average Bonchev–Trinajstić information content (AvgIpc) is 2.83. The minimum absolute atomic E-state index is 0.270. The molecule has 0 unspecified atom stereocenters. The minimum atomic E-state index is -1.11. The summed E-state index contributed by atoms with van der Waals surface area (Å²) in [5.74, 6) is -1.62. The molecule has 1 fully saturated rings. The van der Waals surface area contributed by atoms with Gasteiger partial charge >= 0.3 is 12.1 Å². The number of nitrogens with zero attached hydrogens (tertiary/aromatic N) is 1. The maximum absolute atomic E-state index is 13.9. The van der Waals surface area contributed by atoms with Crippen LogP contribution in [0.25, 0.3) is 0 Å². The van der Waals surface area contributed by atoms with Crippen LogP contribution in [-0.4, -0.2) is 76.7 Å². The first-order valence-electron chi connectivity index (χ1n) is 12.7.